The number of thioether (sulfide) groups is 1. The second-order valence-electron chi connectivity index (χ2n) is 5.18. The zero-order valence-corrected chi connectivity index (χ0v) is 16.5. The molecule has 0 fully saturated rings. The third kappa shape index (κ3) is 4.29. The maximum Gasteiger partial charge on any atom is 0.234 e. The van der Waals surface area contributed by atoms with Gasteiger partial charge in [0.05, 0.1) is 26.5 Å². The van der Waals surface area contributed by atoms with E-state index in [9.17, 15) is 4.79 Å². The molecule has 3 aromatic rings. The first-order valence-corrected chi connectivity index (χ1v) is 9.44. The Morgan fingerprint density at radius 1 is 1.12 bits per heavy atom. The van der Waals surface area contributed by atoms with Crippen LogP contribution in [0.3, 0.4) is 0 Å². The summed E-state index contributed by atoms with van der Waals surface area (Å²) in [5.41, 5.74) is 1.30. The third-order valence-electron chi connectivity index (χ3n) is 3.39. The van der Waals surface area contributed by atoms with Crippen molar-refractivity contribution in [2.24, 2.45) is 7.05 Å². The molecule has 0 aliphatic heterocycles. The van der Waals surface area contributed by atoms with Crippen molar-refractivity contribution < 1.29 is 4.79 Å². The lowest BCUT2D eigenvalue weighted by Crippen LogP contribution is -2.14. The van der Waals surface area contributed by atoms with E-state index in [0.717, 1.165) is 5.56 Å². The Kier molecular flexibility index (Phi) is 6.03. The molecule has 26 heavy (non-hydrogen) atoms. The number of halogens is 3. The number of nitrogens with zero attached hydrogens (tertiary/aromatic N) is 4. The monoisotopic (exact) mass is 427 g/mol. The van der Waals surface area contributed by atoms with Gasteiger partial charge in [-0.1, -0.05) is 46.6 Å². The number of hydrogen-bond donors (Lipinski definition) is 1. The smallest absolute Gasteiger partial charge is 0.234 e. The van der Waals surface area contributed by atoms with Crippen LogP contribution in [0.15, 0.2) is 41.8 Å². The van der Waals surface area contributed by atoms with Crippen LogP contribution >= 0.6 is 46.6 Å². The van der Waals surface area contributed by atoms with Crippen LogP contribution in [-0.4, -0.2) is 31.4 Å². The average Bonchev–Trinajstić information content (AvgIpc) is 2.99. The van der Waals surface area contributed by atoms with Gasteiger partial charge in [-0.05, 0) is 24.3 Å². The van der Waals surface area contributed by atoms with Crippen LogP contribution in [0.5, 0.6) is 0 Å². The molecule has 0 unspecified atom stereocenters. The van der Waals surface area contributed by atoms with Gasteiger partial charge < -0.3 is 9.88 Å². The van der Waals surface area contributed by atoms with E-state index in [1.165, 1.54) is 23.9 Å². The molecule has 0 bridgehead atoms. The molecule has 1 aromatic carbocycles. The molecule has 0 saturated heterocycles. The Balaban J connectivity index is 1.66. The molecular formula is C16H12Cl3N5OS. The van der Waals surface area contributed by atoms with Gasteiger partial charge in [0.1, 0.15) is 0 Å². The van der Waals surface area contributed by atoms with Crippen LogP contribution in [0.2, 0.25) is 15.1 Å². The molecule has 2 aromatic heterocycles. The molecular weight excluding hydrogens is 417 g/mol. The largest absolute Gasteiger partial charge is 0.324 e. The number of anilines is 1. The number of rotatable bonds is 5. The van der Waals surface area contributed by atoms with Gasteiger partial charge in [0, 0.05) is 25.0 Å². The summed E-state index contributed by atoms with van der Waals surface area (Å²) in [5.74, 6) is 0.588. The van der Waals surface area contributed by atoms with Gasteiger partial charge in [-0.3, -0.25) is 9.78 Å². The van der Waals surface area contributed by atoms with E-state index in [0.29, 0.717) is 31.7 Å². The molecule has 0 aliphatic carbocycles. The number of carbonyl (C=O) groups excluding carboxylic acids is 1. The number of aromatic nitrogens is 4. The Hall–Kier alpha value is -1.80. The number of pyridine rings is 1. The summed E-state index contributed by atoms with van der Waals surface area (Å²) in [6.45, 7) is 0. The number of amides is 1. The van der Waals surface area contributed by atoms with Crippen LogP contribution in [0, 0.1) is 0 Å². The number of nitrogens with one attached hydrogen (secondary N) is 1. The quantitative estimate of drug-likeness (QED) is 0.476. The van der Waals surface area contributed by atoms with Gasteiger partial charge in [0.15, 0.2) is 11.0 Å². The summed E-state index contributed by atoms with van der Waals surface area (Å²) in [5, 5.41) is 12.6. The van der Waals surface area contributed by atoms with E-state index in [-0.39, 0.29) is 11.7 Å². The highest BCUT2D eigenvalue weighted by Crippen LogP contribution is 2.32. The van der Waals surface area contributed by atoms with Gasteiger partial charge >= 0.3 is 0 Å². The fourth-order valence-corrected chi connectivity index (χ4v) is 3.43. The molecule has 0 atom stereocenters. The van der Waals surface area contributed by atoms with Gasteiger partial charge in [-0.2, -0.15) is 0 Å². The first-order valence-electron chi connectivity index (χ1n) is 7.32. The Morgan fingerprint density at radius 2 is 1.81 bits per heavy atom. The number of benzene rings is 1. The predicted octanol–water partition coefficient (Wildman–Crippen LogP) is 4.57. The lowest BCUT2D eigenvalue weighted by atomic mass is 10.2. The Bertz CT molecular complexity index is 949. The molecule has 2 heterocycles. The maximum atomic E-state index is 12.2. The minimum Gasteiger partial charge on any atom is -0.324 e. The molecule has 10 heteroatoms. The van der Waals surface area contributed by atoms with Crippen molar-refractivity contribution in [3.05, 3.63) is 51.7 Å². The van der Waals surface area contributed by atoms with E-state index < -0.39 is 0 Å². The minimum atomic E-state index is -0.247. The van der Waals surface area contributed by atoms with Gasteiger partial charge in [0.25, 0.3) is 0 Å². The predicted molar refractivity (Wildman–Crippen MR) is 105 cm³/mol. The van der Waals surface area contributed by atoms with E-state index in [4.69, 9.17) is 34.8 Å². The Morgan fingerprint density at radius 3 is 2.54 bits per heavy atom. The lowest BCUT2D eigenvalue weighted by Gasteiger charge is -2.08. The summed E-state index contributed by atoms with van der Waals surface area (Å²) < 4.78 is 1.82. The highest BCUT2D eigenvalue weighted by atomic mass is 35.5. The SMILES string of the molecule is Cn1c(SCC(=O)Nc2cc(Cl)c(Cl)cc2Cl)nnc1-c1ccncc1. The fourth-order valence-electron chi connectivity index (χ4n) is 2.13. The summed E-state index contributed by atoms with van der Waals surface area (Å²) in [4.78, 5) is 16.2. The standard InChI is InChI=1S/C16H12Cl3N5OS/c1-24-15(9-2-4-20-5-3-9)22-23-16(24)26-8-14(25)21-13-7-11(18)10(17)6-12(13)19/h2-7H,8H2,1H3,(H,21,25). The summed E-state index contributed by atoms with van der Waals surface area (Å²) in [6.07, 6.45) is 3.37. The lowest BCUT2D eigenvalue weighted by molar-refractivity contribution is -0.113. The molecule has 1 N–H and O–H groups in total. The van der Waals surface area contributed by atoms with Crippen molar-refractivity contribution >= 4 is 58.2 Å². The van der Waals surface area contributed by atoms with E-state index in [1.807, 2.05) is 23.7 Å². The second-order valence-corrected chi connectivity index (χ2v) is 7.35. The molecule has 1 amide bonds. The minimum absolute atomic E-state index is 0.138. The highest BCUT2D eigenvalue weighted by molar-refractivity contribution is 7.99. The van der Waals surface area contributed by atoms with Crippen LogP contribution in [-0.2, 0) is 11.8 Å². The Labute approximate surface area is 168 Å². The van der Waals surface area contributed by atoms with E-state index in [1.54, 1.807) is 12.4 Å². The molecule has 3 rings (SSSR count). The highest BCUT2D eigenvalue weighted by Gasteiger charge is 2.14. The van der Waals surface area contributed by atoms with Crippen molar-refractivity contribution in [3.8, 4) is 11.4 Å². The van der Waals surface area contributed by atoms with Crippen molar-refractivity contribution in [1.29, 1.82) is 0 Å². The molecule has 0 spiro atoms. The molecule has 6 nitrogen and oxygen atoms in total. The molecule has 0 radical (unpaired) electrons. The first-order chi connectivity index (χ1) is 12.5. The normalized spacial score (nSPS) is 10.8. The molecule has 0 aliphatic rings. The summed E-state index contributed by atoms with van der Waals surface area (Å²) in [6, 6.07) is 6.69. The van der Waals surface area contributed by atoms with Crippen LogP contribution < -0.4 is 5.32 Å². The van der Waals surface area contributed by atoms with Crippen LogP contribution in [0.4, 0.5) is 5.69 Å². The van der Waals surface area contributed by atoms with Crippen molar-refractivity contribution in [2.75, 3.05) is 11.1 Å². The van der Waals surface area contributed by atoms with Gasteiger partial charge in [-0.15, -0.1) is 10.2 Å². The van der Waals surface area contributed by atoms with E-state index in [2.05, 4.69) is 20.5 Å². The fraction of sp³-hybridized carbons (Fsp3) is 0.125. The zero-order valence-electron chi connectivity index (χ0n) is 13.4. The number of carbonyl (C=O) groups is 1. The van der Waals surface area contributed by atoms with Gasteiger partial charge in [-0.25, -0.2) is 0 Å². The van der Waals surface area contributed by atoms with E-state index >= 15 is 0 Å². The summed E-state index contributed by atoms with van der Waals surface area (Å²) in [7, 11) is 1.84. The van der Waals surface area contributed by atoms with Crippen molar-refractivity contribution in [2.45, 2.75) is 5.16 Å². The summed E-state index contributed by atoms with van der Waals surface area (Å²) >= 11 is 19.2. The number of hydrogen-bond acceptors (Lipinski definition) is 5. The molecule has 0 saturated carbocycles. The zero-order chi connectivity index (χ0) is 18.7. The van der Waals surface area contributed by atoms with Crippen LogP contribution in [0.25, 0.3) is 11.4 Å². The van der Waals surface area contributed by atoms with Crippen molar-refractivity contribution in [3.63, 3.8) is 0 Å². The second kappa shape index (κ2) is 8.26. The van der Waals surface area contributed by atoms with Gasteiger partial charge in [0.2, 0.25) is 5.91 Å². The van der Waals surface area contributed by atoms with Crippen molar-refractivity contribution in [1.82, 2.24) is 19.7 Å². The maximum absolute atomic E-state index is 12.2. The average molecular weight is 429 g/mol. The first kappa shape index (κ1) is 19.0. The third-order valence-corrected chi connectivity index (χ3v) is 5.44. The van der Waals surface area contributed by atoms with Crippen LogP contribution in [0.1, 0.15) is 0 Å². The molecule has 134 valence electrons. The topological polar surface area (TPSA) is 72.7 Å².